The number of carbonyl (C=O) groups is 1. The van der Waals surface area contributed by atoms with Crippen molar-refractivity contribution in [3.05, 3.63) is 42.0 Å². The number of hydrogen-bond donors (Lipinski definition) is 1. The Morgan fingerprint density at radius 3 is 2.38 bits per heavy atom. The fourth-order valence-corrected chi connectivity index (χ4v) is 2.97. The van der Waals surface area contributed by atoms with Gasteiger partial charge in [-0.15, -0.1) is 10.2 Å². The van der Waals surface area contributed by atoms with Gasteiger partial charge in [0.25, 0.3) is 0 Å². The Balaban J connectivity index is 1.52. The van der Waals surface area contributed by atoms with Gasteiger partial charge in [0.05, 0.1) is 13.5 Å². The highest BCUT2D eigenvalue weighted by atomic mass is 16.5. The first-order valence-corrected chi connectivity index (χ1v) is 8.91. The summed E-state index contributed by atoms with van der Waals surface area (Å²) >= 11 is 0. The first kappa shape index (κ1) is 18.1. The minimum Gasteiger partial charge on any atom is -0.497 e. The van der Waals surface area contributed by atoms with Crippen molar-refractivity contribution in [2.75, 3.05) is 50.1 Å². The van der Waals surface area contributed by atoms with Crippen molar-refractivity contribution in [1.29, 1.82) is 0 Å². The molecule has 0 aliphatic carbocycles. The first-order chi connectivity index (χ1) is 12.7. The molecule has 7 nitrogen and oxygen atoms in total. The van der Waals surface area contributed by atoms with Crippen LogP contribution in [-0.2, 0) is 11.2 Å². The van der Waals surface area contributed by atoms with Gasteiger partial charge in [0, 0.05) is 26.2 Å². The van der Waals surface area contributed by atoms with Gasteiger partial charge in [0.1, 0.15) is 5.75 Å². The van der Waals surface area contributed by atoms with Gasteiger partial charge in [0.15, 0.2) is 11.6 Å². The molecule has 1 saturated heterocycles. The third kappa shape index (κ3) is 4.70. The standard InChI is InChI=1S/C19H25N5O2/c1-3-23-10-12-24(13-11-23)18-9-8-17(21-22-18)20-19(25)14-15-4-6-16(26-2)7-5-15/h4-9H,3,10-14H2,1-2H3,(H,20,21,25). The van der Waals surface area contributed by atoms with E-state index in [-0.39, 0.29) is 12.3 Å². The van der Waals surface area contributed by atoms with Crippen molar-refractivity contribution in [2.45, 2.75) is 13.3 Å². The summed E-state index contributed by atoms with van der Waals surface area (Å²) in [7, 11) is 1.62. The van der Waals surface area contributed by atoms with E-state index in [1.54, 1.807) is 13.2 Å². The van der Waals surface area contributed by atoms with Crippen LogP contribution < -0.4 is 15.0 Å². The summed E-state index contributed by atoms with van der Waals surface area (Å²) in [5.74, 6) is 1.98. The van der Waals surface area contributed by atoms with Gasteiger partial charge in [-0.05, 0) is 36.4 Å². The molecule has 0 radical (unpaired) electrons. The largest absolute Gasteiger partial charge is 0.497 e. The first-order valence-electron chi connectivity index (χ1n) is 8.91. The van der Waals surface area contributed by atoms with Crippen LogP contribution in [0, 0.1) is 0 Å². The molecule has 1 aliphatic heterocycles. The monoisotopic (exact) mass is 355 g/mol. The Hall–Kier alpha value is -2.67. The second-order valence-corrected chi connectivity index (χ2v) is 6.27. The minimum atomic E-state index is -0.117. The Kier molecular flexibility index (Phi) is 6.01. The molecular weight excluding hydrogens is 330 g/mol. The van der Waals surface area contributed by atoms with Gasteiger partial charge < -0.3 is 19.9 Å². The van der Waals surface area contributed by atoms with Crippen LogP contribution in [0.2, 0.25) is 0 Å². The second kappa shape index (κ2) is 8.62. The van der Waals surface area contributed by atoms with Crippen molar-refractivity contribution >= 4 is 17.5 Å². The van der Waals surface area contributed by atoms with E-state index in [2.05, 4.69) is 32.2 Å². The SMILES string of the molecule is CCN1CCN(c2ccc(NC(=O)Cc3ccc(OC)cc3)nn2)CC1. The van der Waals surface area contributed by atoms with E-state index >= 15 is 0 Å². The van der Waals surface area contributed by atoms with Crippen LogP contribution in [-0.4, -0.2) is 60.8 Å². The lowest BCUT2D eigenvalue weighted by molar-refractivity contribution is -0.115. The van der Waals surface area contributed by atoms with E-state index in [1.165, 1.54) is 0 Å². The number of benzene rings is 1. The molecule has 0 spiro atoms. The third-order valence-corrected chi connectivity index (χ3v) is 4.59. The number of piperazine rings is 1. The van der Waals surface area contributed by atoms with Crippen LogP contribution in [0.1, 0.15) is 12.5 Å². The molecular formula is C19H25N5O2. The predicted molar refractivity (Wildman–Crippen MR) is 102 cm³/mol. The van der Waals surface area contributed by atoms with Crippen LogP contribution in [0.5, 0.6) is 5.75 Å². The smallest absolute Gasteiger partial charge is 0.229 e. The van der Waals surface area contributed by atoms with Gasteiger partial charge in [0.2, 0.25) is 5.91 Å². The fourth-order valence-electron chi connectivity index (χ4n) is 2.97. The van der Waals surface area contributed by atoms with E-state index in [0.717, 1.165) is 49.9 Å². The molecule has 1 aromatic heterocycles. The summed E-state index contributed by atoms with van der Waals surface area (Å²) in [6.45, 7) is 7.24. The Labute approximate surface area is 154 Å². The van der Waals surface area contributed by atoms with Crippen LogP contribution in [0.25, 0.3) is 0 Å². The lowest BCUT2D eigenvalue weighted by Crippen LogP contribution is -2.46. The average Bonchev–Trinajstić information content (AvgIpc) is 2.69. The molecule has 138 valence electrons. The zero-order chi connectivity index (χ0) is 18.4. The average molecular weight is 355 g/mol. The van der Waals surface area contributed by atoms with Gasteiger partial charge >= 0.3 is 0 Å². The summed E-state index contributed by atoms with van der Waals surface area (Å²) in [5, 5.41) is 11.2. The summed E-state index contributed by atoms with van der Waals surface area (Å²) in [4.78, 5) is 16.8. The molecule has 0 saturated carbocycles. The molecule has 1 aromatic carbocycles. The van der Waals surface area contributed by atoms with E-state index in [9.17, 15) is 4.79 Å². The second-order valence-electron chi connectivity index (χ2n) is 6.27. The number of aromatic nitrogens is 2. The van der Waals surface area contributed by atoms with Gasteiger partial charge in [-0.3, -0.25) is 4.79 Å². The van der Waals surface area contributed by atoms with E-state index in [1.807, 2.05) is 30.3 Å². The molecule has 0 atom stereocenters. The summed E-state index contributed by atoms with van der Waals surface area (Å²) in [6.07, 6.45) is 0.284. The number of anilines is 2. The van der Waals surface area contributed by atoms with Crippen molar-refractivity contribution in [1.82, 2.24) is 15.1 Å². The van der Waals surface area contributed by atoms with Crippen LogP contribution in [0.4, 0.5) is 11.6 Å². The molecule has 0 bridgehead atoms. The molecule has 1 aliphatic rings. The summed E-state index contributed by atoms with van der Waals surface area (Å²) in [5.41, 5.74) is 0.918. The van der Waals surface area contributed by atoms with Crippen molar-refractivity contribution in [3.63, 3.8) is 0 Å². The lowest BCUT2D eigenvalue weighted by atomic mass is 10.1. The Morgan fingerprint density at radius 2 is 1.81 bits per heavy atom. The van der Waals surface area contributed by atoms with Crippen LogP contribution >= 0.6 is 0 Å². The number of methoxy groups -OCH3 is 1. The number of amides is 1. The van der Waals surface area contributed by atoms with E-state index < -0.39 is 0 Å². The molecule has 1 fully saturated rings. The summed E-state index contributed by atoms with van der Waals surface area (Å²) < 4.78 is 5.12. The third-order valence-electron chi connectivity index (χ3n) is 4.59. The van der Waals surface area contributed by atoms with Crippen LogP contribution in [0.3, 0.4) is 0 Å². The maximum Gasteiger partial charge on any atom is 0.229 e. The van der Waals surface area contributed by atoms with Crippen LogP contribution in [0.15, 0.2) is 36.4 Å². The van der Waals surface area contributed by atoms with Crippen molar-refractivity contribution in [2.24, 2.45) is 0 Å². The normalized spacial score (nSPS) is 14.9. The molecule has 1 amide bonds. The predicted octanol–water partition coefficient (Wildman–Crippen LogP) is 1.81. The lowest BCUT2D eigenvalue weighted by Gasteiger charge is -2.34. The van der Waals surface area contributed by atoms with Crippen molar-refractivity contribution < 1.29 is 9.53 Å². The quantitative estimate of drug-likeness (QED) is 0.852. The van der Waals surface area contributed by atoms with E-state index in [0.29, 0.717) is 5.82 Å². The molecule has 26 heavy (non-hydrogen) atoms. The maximum atomic E-state index is 12.2. The molecule has 2 aromatic rings. The Morgan fingerprint density at radius 1 is 1.08 bits per heavy atom. The molecule has 7 heteroatoms. The number of likely N-dealkylation sites (N-methyl/N-ethyl adjacent to an activating group) is 1. The Bertz CT molecular complexity index is 710. The fraction of sp³-hybridized carbons (Fsp3) is 0.421. The molecule has 2 heterocycles. The number of nitrogens with one attached hydrogen (secondary N) is 1. The highest BCUT2D eigenvalue weighted by Gasteiger charge is 2.17. The highest BCUT2D eigenvalue weighted by Crippen LogP contribution is 2.15. The van der Waals surface area contributed by atoms with Crippen molar-refractivity contribution in [3.8, 4) is 5.75 Å². The van der Waals surface area contributed by atoms with Gasteiger partial charge in [-0.25, -0.2) is 0 Å². The van der Waals surface area contributed by atoms with Gasteiger partial charge in [-0.2, -0.15) is 0 Å². The molecule has 3 rings (SSSR count). The molecule has 1 N–H and O–H groups in total. The zero-order valence-corrected chi connectivity index (χ0v) is 15.3. The van der Waals surface area contributed by atoms with Gasteiger partial charge in [-0.1, -0.05) is 19.1 Å². The topological polar surface area (TPSA) is 70.6 Å². The number of rotatable bonds is 6. The zero-order valence-electron chi connectivity index (χ0n) is 15.3. The number of hydrogen-bond acceptors (Lipinski definition) is 6. The van der Waals surface area contributed by atoms with E-state index in [4.69, 9.17) is 4.74 Å². The summed E-state index contributed by atoms with van der Waals surface area (Å²) in [6, 6.07) is 11.2. The highest BCUT2D eigenvalue weighted by molar-refractivity contribution is 5.91. The number of nitrogens with zero attached hydrogens (tertiary/aromatic N) is 4. The minimum absolute atomic E-state index is 0.117. The molecule has 0 unspecified atom stereocenters. The number of carbonyl (C=O) groups excluding carboxylic acids is 1. The number of ether oxygens (including phenoxy) is 1. The maximum absolute atomic E-state index is 12.2.